The number of anilines is 1. The monoisotopic (exact) mass is 567 g/mol. The number of esters is 1. The lowest BCUT2D eigenvalue weighted by Crippen LogP contribution is -3.00. The van der Waals surface area contributed by atoms with E-state index in [0.717, 1.165) is 58.0 Å². The van der Waals surface area contributed by atoms with E-state index in [9.17, 15) is 14.7 Å². The van der Waals surface area contributed by atoms with Crippen molar-refractivity contribution in [3.05, 3.63) is 34.2 Å². The molecule has 2 bridgehead atoms. The van der Waals surface area contributed by atoms with Crippen molar-refractivity contribution < 1.29 is 45.4 Å². The topological polar surface area (TPSA) is 102 Å². The predicted molar refractivity (Wildman–Crippen MR) is 127 cm³/mol. The van der Waals surface area contributed by atoms with Gasteiger partial charge < -0.3 is 41.1 Å². The number of aryl methyl sites for hydroxylation is 1. The molecular weight excluding hydrogens is 534 g/mol. The maximum atomic E-state index is 13.6. The van der Waals surface area contributed by atoms with Gasteiger partial charge in [-0.3, -0.25) is 4.79 Å². The molecule has 6 rings (SSSR count). The number of ether oxygens (including phenoxy) is 1. The van der Waals surface area contributed by atoms with E-state index in [-0.39, 0.29) is 40.8 Å². The number of amides is 1. The van der Waals surface area contributed by atoms with Crippen LogP contribution in [0.3, 0.4) is 0 Å². The highest BCUT2D eigenvalue weighted by atomic mass is 79.9. The van der Waals surface area contributed by atoms with E-state index >= 15 is 0 Å². The number of hydrogen-bond donors (Lipinski definition) is 2. The van der Waals surface area contributed by atoms with Crippen molar-refractivity contribution in [1.82, 2.24) is 5.16 Å². The maximum absolute atomic E-state index is 13.6. The number of hydrogen-bond acceptors (Lipinski definition) is 7. The summed E-state index contributed by atoms with van der Waals surface area (Å²) < 4.78 is 11.8. The van der Waals surface area contributed by atoms with Gasteiger partial charge in [0.25, 0.3) is 5.91 Å². The Morgan fingerprint density at radius 3 is 2.63 bits per heavy atom. The molecule has 1 aliphatic carbocycles. The average molecular weight is 569 g/mol. The summed E-state index contributed by atoms with van der Waals surface area (Å²) >= 11 is 1.49. The minimum Gasteiger partial charge on any atom is -1.00 e. The van der Waals surface area contributed by atoms with Crippen LogP contribution < -0.4 is 22.3 Å². The fraction of sp³-hybridized carbons (Fsp3) is 0.640. The summed E-state index contributed by atoms with van der Waals surface area (Å²) in [5, 5.41) is 22.2. The van der Waals surface area contributed by atoms with Gasteiger partial charge in [0, 0.05) is 36.3 Å². The minimum absolute atomic E-state index is 0. The van der Waals surface area contributed by atoms with Crippen molar-refractivity contribution in [2.45, 2.75) is 63.6 Å². The molecule has 35 heavy (non-hydrogen) atoms. The van der Waals surface area contributed by atoms with Crippen LogP contribution in [0, 0.1) is 18.8 Å². The zero-order valence-electron chi connectivity index (χ0n) is 20.1. The van der Waals surface area contributed by atoms with Crippen molar-refractivity contribution in [2.24, 2.45) is 11.8 Å². The Labute approximate surface area is 220 Å². The van der Waals surface area contributed by atoms with E-state index in [1.807, 2.05) is 16.8 Å². The first-order valence-corrected chi connectivity index (χ1v) is 13.4. The Morgan fingerprint density at radius 1 is 1.26 bits per heavy atom. The van der Waals surface area contributed by atoms with Crippen molar-refractivity contribution in [3.63, 3.8) is 0 Å². The van der Waals surface area contributed by atoms with Crippen LogP contribution in [0.1, 0.15) is 56.3 Å². The molecule has 0 radical (unpaired) electrons. The Morgan fingerprint density at radius 2 is 2.00 bits per heavy atom. The molecule has 2 aromatic heterocycles. The smallest absolute Gasteiger partial charge is 0.343 e. The van der Waals surface area contributed by atoms with Crippen molar-refractivity contribution in [1.29, 1.82) is 0 Å². The molecule has 1 amide bonds. The number of rotatable bonds is 7. The lowest BCUT2D eigenvalue weighted by molar-refractivity contribution is -0.939. The number of quaternary nitrogens is 1. The molecule has 1 saturated carbocycles. The zero-order chi connectivity index (χ0) is 23.8. The number of carbonyl (C=O) groups is 2. The third-order valence-electron chi connectivity index (χ3n) is 8.14. The van der Waals surface area contributed by atoms with E-state index in [0.29, 0.717) is 34.7 Å². The Bertz CT molecular complexity index is 1010. The summed E-state index contributed by atoms with van der Waals surface area (Å²) in [5.41, 5.74) is -0.943. The van der Waals surface area contributed by atoms with E-state index in [1.54, 1.807) is 13.0 Å². The molecule has 3 saturated heterocycles. The van der Waals surface area contributed by atoms with Crippen molar-refractivity contribution in [3.8, 4) is 0 Å². The zero-order valence-corrected chi connectivity index (χ0v) is 22.5. The van der Waals surface area contributed by atoms with Crippen LogP contribution in [0.5, 0.6) is 0 Å². The molecule has 1 unspecified atom stereocenters. The molecule has 192 valence electrons. The van der Waals surface area contributed by atoms with Crippen LogP contribution in [-0.2, 0) is 19.9 Å². The molecule has 4 aliphatic rings. The number of nitrogens with zero attached hydrogens (tertiary/aromatic N) is 2. The van der Waals surface area contributed by atoms with Crippen molar-refractivity contribution >= 4 is 29.0 Å². The molecular formula is C25H34BrN3O5S. The summed E-state index contributed by atoms with van der Waals surface area (Å²) in [7, 11) is 0. The van der Waals surface area contributed by atoms with Crippen molar-refractivity contribution in [2.75, 3.05) is 31.5 Å². The summed E-state index contributed by atoms with van der Waals surface area (Å²) in [6.45, 7) is 4.47. The average Bonchev–Trinajstić information content (AvgIpc) is 3.52. The van der Waals surface area contributed by atoms with Gasteiger partial charge in [0.05, 0.1) is 13.1 Å². The van der Waals surface area contributed by atoms with E-state index in [2.05, 4.69) is 10.5 Å². The molecule has 5 heterocycles. The summed E-state index contributed by atoms with van der Waals surface area (Å²) in [6.07, 6.45) is 6.39. The highest BCUT2D eigenvalue weighted by molar-refractivity contribution is 7.08. The molecule has 10 heteroatoms. The van der Waals surface area contributed by atoms with Crippen LogP contribution >= 0.6 is 11.3 Å². The Kier molecular flexibility index (Phi) is 8.05. The van der Waals surface area contributed by atoms with E-state index < -0.39 is 11.6 Å². The number of fused-ring (bicyclic) bond motifs is 3. The van der Waals surface area contributed by atoms with Gasteiger partial charge in [0.2, 0.25) is 0 Å². The van der Waals surface area contributed by atoms with Crippen LogP contribution in [-0.4, -0.2) is 58.9 Å². The van der Waals surface area contributed by atoms with Crippen LogP contribution in [0.25, 0.3) is 0 Å². The summed E-state index contributed by atoms with van der Waals surface area (Å²) in [6, 6.07) is 3.54. The van der Waals surface area contributed by atoms with Gasteiger partial charge in [0.1, 0.15) is 12.3 Å². The fourth-order valence-electron chi connectivity index (χ4n) is 6.24. The lowest BCUT2D eigenvalue weighted by Gasteiger charge is -2.52. The number of halogens is 1. The molecule has 0 aromatic carbocycles. The first-order valence-electron chi connectivity index (χ1n) is 12.4. The Balaban J connectivity index is 0.00000289. The van der Waals surface area contributed by atoms with Gasteiger partial charge in [0.15, 0.2) is 24.1 Å². The SMILES string of the molecule is Cc1cc(NC(=O)C[N+]23CCC(CC2)C(OC(=O)[C@](O)(c2ccsc2)C2CCCCC2)C3)no1.[Br-]. The highest BCUT2D eigenvalue weighted by Crippen LogP contribution is 2.43. The quantitative estimate of drug-likeness (QED) is 0.375. The van der Waals surface area contributed by atoms with E-state index in [4.69, 9.17) is 9.26 Å². The second-order valence-electron chi connectivity index (χ2n) is 10.4. The summed E-state index contributed by atoms with van der Waals surface area (Å²) in [4.78, 5) is 26.4. The molecule has 4 fully saturated rings. The summed E-state index contributed by atoms with van der Waals surface area (Å²) in [5.74, 6) is 0.591. The number of aliphatic hydroxyl groups is 1. The molecule has 2 N–H and O–H groups in total. The normalized spacial score (nSPS) is 28.1. The van der Waals surface area contributed by atoms with Gasteiger partial charge in [-0.2, -0.15) is 11.3 Å². The third kappa shape index (κ3) is 5.35. The molecule has 2 aromatic rings. The number of carbonyl (C=O) groups excluding carboxylic acids is 2. The third-order valence-corrected chi connectivity index (χ3v) is 8.83. The molecule has 2 atom stereocenters. The molecule has 3 aliphatic heterocycles. The largest absolute Gasteiger partial charge is 1.00 e. The Hall–Kier alpha value is -1.75. The highest BCUT2D eigenvalue weighted by Gasteiger charge is 2.53. The first-order chi connectivity index (χ1) is 16.4. The van der Waals surface area contributed by atoms with Crippen LogP contribution in [0.4, 0.5) is 5.82 Å². The number of thiophene rings is 1. The van der Waals surface area contributed by atoms with Gasteiger partial charge in [-0.15, -0.1) is 0 Å². The second-order valence-corrected chi connectivity index (χ2v) is 11.2. The number of aromatic nitrogens is 1. The minimum atomic E-state index is -1.60. The van der Waals surface area contributed by atoms with E-state index in [1.165, 1.54) is 11.3 Å². The van der Waals surface area contributed by atoms with Crippen LogP contribution in [0.15, 0.2) is 27.4 Å². The predicted octanol–water partition coefficient (Wildman–Crippen LogP) is 0.607. The van der Waals surface area contributed by atoms with Gasteiger partial charge >= 0.3 is 5.97 Å². The van der Waals surface area contributed by atoms with Crippen LogP contribution in [0.2, 0.25) is 0 Å². The second kappa shape index (κ2) is 10.7. The molecule has 0 spiro atoms. The first kappa shape index (κ1) is 26.3. The molecule has 8 nitrogen and oxygen atoms in total. The van der Waals surface area contributed by atoms with Gasteiger partial charge in [-0.25, -0.2) is 4.79 Å². The maximum Gasteiger partial charge on any atom is 0.343 e. The number of piperidine rings is 3. The number of nitrogens with one attached hydrogen (secondary N) is 1. The fourth-order valence-corrected chi connectivity index (χ4v) is 6.95. The lowest BCUT2D eigenvalue weighted by atomic mass is 9.74. The van der Waals surface area contributed by atoms with Gasteiger partial charge in [-0.05, 0) is 36.6 Å². The van der Waals surface area contributed by atoms with Gasteiger partial charge in [-0.1, -0.05) is 24.4 Å². The standard InChI is InChI=1S/C25H33N3O5S.BrH/c1-17-13-22(27-33-17)26-23(29)15-28-10-7-18(8-11-28)21(14-28)32-24(30)25(31,20-9-12-34-16-20)19-5-3-2-4-6-19;/h9,12-13,16,18-19,21,31H,2-8,10-11,14-15H2,1H3;1H/t18?,21?,25-,28?;/m1./s1.